The zero-order chi connectivity index (χ0) is 20.3. The Morgan fingerprint density at radius 3 is 2.43 bits per heavy atom. The first kappa shape index (κ1) is 19.2. The maximum Gasteiger partial charge on any atom is 0.416 e. The van der Waals surface area contributed by atoms with Crippen molar-refractivity contribution in [1.82, 2.24) is 4.98 Å². The molecule has 0 fully saturated rings. The summed E-state index contributed by atoms with van der Waals surface area (Å²) in [5, 5.41) is 9.10. The van der Waals surface area contributed by atoms with E-state index in [0.717, 1.165) is 12.1 Å². The minimum atomic E-state index is -4.42. The molecule has 142 valence electrons. The molecule has 7 heteroatoms. The molecule has 28 heavy (non-hydrogen) atoms. The molecule has 0 unspecified atom stereocenters. The number of H-pyrrole nitrogens is 1. The van der Waals surface area contributed by atoms with Gasteiger partial charge in [0, 0.05) is 11.3 Å². The lowest BCUT2D eigenvalue weighted by molar-refractivity contribution is -0.137. The highest BCUT2D eigenvalue weighted by molar-refractivity contribution is 5.98. The van der Waals surface area contributed by atoms with Crippen LogP contribution in [0.25, 0.3) is 22.5 Å². The minimum absolute atomic E-state index is 0.178. The van der Waals surface area contributed by atoms with Crippen molar-refractivity contribution in [2.45, 2.75) is 13.1 Å². The molecule has 1 heterocycles. The van der Waals surface area contributed by atoms with Crippen LogP contribution in [0.1, 0.15) is 28.4 Å². The highest BCUT2D eigenvalue weighted by Crippen LogP contribution is 2.33. The highest BCUT2D eigenvalue weighted by atomic mass is 19.4. The first-order chi connectivity index (χ1) is 13.3. The predicted molar refractivity (Wildman–Crippen MR) is 97.3 cm³/mol. The number of halogens is 3. The summed E-state index contributed by atoms with van der Waals surface area (Å²) in [6, 6.07) is 14.9. The molecule has 0 aliphatic carbocycles. The summed E-state index contributed by atoms with van der Waals surface area (Å²) in [7, 11) is 0. The third-order valence-electron chi connectivity index (χ3n) is 4.12. The molecule has 1 N–H and O–H groups in total. The number of carbonyl (C=O) groups is 1. The number of nitriles is 1. The molecule has 3 aromatic rings. The number of esters is 1. The Bertz CT molecular complexity index is 1040. The average Bonchev–Trinajstić information content (AvgIpc) is 3.13. The largest absolute Gasteiger partial charge is 0.462 e. The van der Waals surface area contributed by atoms with Gasteiger partial charge in [0.2, 0.25) is 0 Å². The van der Waals surface area contributed by atoms with E-state index < -0.39 is 17.7 Å². The Kier molecular flexibility index (Phi) is 5.23. The zero-order valence-electron chi connectivity index (χ0n) is 14.8. The van der Waals surface area contributed by atoms with Gasteiger partial charge < -0.3 is 9.72 Å². The van der Waals surface area contributed by atoms with Crippen molar-refractivity contribution < 1.29 is 22.7 Å². The van der Waals surface area contributed by atoms with Crippen LogP contribution in [0.5, 0.6) is 0 Å². The van der Waals surface area contributed by atoms with E-state index in [4.69, 9.17) is 10.00 Å². The van der Waals surface area contributed by atoms with Crippen molar-refractivity contribution in [3.63, 3.8) is 0 Å². The molecule has 0 aliphatic heterocycles. The molecule has 1 aromatic heterocycles. The third kappa shape index (κ3) is 3.91. The number of alkyl halides is 3. The van der Waals surface area contributed by atoms with E-state index in [-0.39, 0.29) is 12.2 Å². The molecule has 3 rings (SSSR count). The second kappa shape index (κ2) is 7.61. The summed E-state index contributed by atoms with van der Waals surface area (Å²) in [6.07, 6.45) is -4.42. The van der Waals surface area contributed by atoms with Crippen LogP contribution in [-0.4, -0.2) is 17.6 Å². The lowest BCUT2D eigenvalue weighted by Crippen LogP contribution is -2.04. The topological polar surface area (TPSA) is 65.9 Å². The molecular formula is C21H15F3N2O2. The molecule has 4 nitrogen and oxygen atoms in total. The van der Waals surface area contributed by atoms with Crippen molar-refractivity contribution in [3.8, 4) is 28.6 Å². The summed E-state index contributed by atoms with van der Waals surface area (Å²) < 4.78 is 43.4. The van der Waals surface area contributed by atoms with Gasteiger partial charge in [0.25, 0.3) is 0 Å². The monoisotopic (exact) mass is 384 g/mol. The van der Waals surface area contributed by atoms with Gasteiger partial charge >= 0.3 is 12.1 Å². The van der Waals surface area contributed by atoms with Gasteiger partial charge in [-0.25, -0.2) is 4.79 Å². The lowest BCUT2D eigenvalue weighted by Gasteiger charge is -2.07. The molecule has 0 aliphatic rings. The predicted octanol–water partition coefficient (Wildman–Crippen LogP) is 5.42. The molecule has 0 saturated heterocycles. The standard InChI is InChI=1S/C21H15F3N2O2/c1-2-28-20(27)17-11-18(14-6-8-16(9-7-14)21(22,23)24)26-19(17)15-5-3-4-13(10-15)12-25/h3-11,26H,2H2,1H3. The number of aromatic nitrogens is 1. The maximum atomic E-state index is 12.8. The van der Waals surface area contributed by atoms with Gasteiger partial charge in [0.05, 0.1) is 35.1 Å². The number of benzene rings is 2. The maximum absolute atomic E-state index is 12.8. The average molecular weight is 384 g/mol. The Morgan fingerprint density at radius 1 is 1.11 bits per heavy atom. The van der Waals surface area contributed by atoms with Crippen LogP contribution in [0.4, 0.5) is 13.2 Å². The molecule has 2 aromatic carbocycles. The number of aromatic amines is 1. The van der Waals surface area contributed by atoms with Crippen molar-refractivity contribution >= 4 is 5.97 Å². The molecule has 0 saturated carbocycles. The van der Waals surface area contributed by atoms with Gasteiger partial charge in [-0.1, -0.05) is 24.3 Å². The highest BCUT2D eigenvalue weighted by Gasteiger charge is 2.30. The van der Waals surface area contributed by atoms with E-state index in [2.05, 4.69) is 4.98 Å². The first-order valence-corrected chi connectivity index (χ1v) is 8.41. The molecule has 0 spiro atoms. The van der Waals surface area contributed by atoms with Gasteiger partial charge in [-0.2, -0.15) is 18.4 Å². The van der Waals surface area contributed by atoms with Crippen molar-refractivity contribution in [2.75, 3.05) is 6.61 Å². The molecular weight excluding hydrogens is 369 g/mol. The van der Waals surface area contributed by atoms with Crippen LogP contribution in [-0.2, 0) is 10.9 Å². The zero-order valence-corrected chi connectivity index (χ0v) is 14.8. The Morgan fingerprint density at radius 2 is 1.82 bits per heavy atom. The minimum Gasteiger partial charge on any atom is -0.462 e. The van der Waals surface area contributed by atoms with Crippen molar-refractivity contribution in [2.24, 2.45) is 0 Å². The summed E-state index contributed by atoms with van der Waals surface area (Å²) in [5.74, 6) is -0.561. The summed E-state index contributed by atoms with van der Waals surface area (Å²) in [4.78, 5) is 15.4. The number of nitrogens with zero attached hydrogens (tertiary/aromatic N) is 1. The van der Waals surface area contributed by atoms with Crippen LogP contribution in [0.3, 0.4) is 0 Å². The van der Waals surface area contributed by atoms with Crippen LogP contribution >= 0.6 is 0 Å². The van der Waals surface area contributed by atoms with Crippen LogP contribution < -0.4 is 0 Å². The Hall–Kier alpha value is -3.53. The fraction of sp³-hybridized carbons (Fsp3) is 0.143. The Balaban J connectivity index is 2.09. The quantitative estimate of drug-likeness (QED) is 0.611. The lowest BCUT2D eigenvalue weighted by atomic mass is 10.1. The second-order valence-corrected chi connectivity index (χ2v) is 5.96. The molecule has 0 atom stereocenters. The van der Waals surface area contributed by atoms with Gasteiger partial charge in [0.1, 0.15) is 0 Å². The number of nitrogens with one attached hydrogen (secondary N) is 1. The van der Waals surface area contributed by atoms with E-state index in [1.54, 1.807) is 31.2 Å². The van der Waals surface area contributed by atoms with Crippen molar-refractivity contribution in [1.29, 1.82) is 5.26 Å². The van der Waals surface area contributed by atoms with Crippen LogP contribution in [0.2, 0.25) is 0 Å². The van der Waals surface area contributed by atoms with Gasteiger partial charge in [-0.15, -0.1) is 0 Å². The van der Waals surface area contributed by atoms with E-state index in [0.29, 0.717) is 28.1 Å². The SMILES string of the molecule is CCOC(=O)c1cc(-c2ccc(C(F)(F)F)cc2)[nH]c1-c1cccc(C#N)c1. The molecule has 0 bridgehead atoms. The van der Waals surface area contributed by atoms with Gasteiger partial charge in [0.15, 0.2) is 0 Å². The number of ether oxygens (including phenoxy) is 1. The van der Waals surface area contributed by atoms with E-state index in [1.807, 2.05) is 6.07 Å². The number of hydrogen-bond donors (Lipinski definition) is 1. The van der Waals surface area contributed by atoms with Crippen LogP contribution in [0.15, 0.2) is 54.6 Å². The van der Waals surface area contributed by atoms with E-state index >= 15 is 0 Å². The fourth-order valence-corrected chi connectivity index (χ4v) is 2.79. The number of hydrogen-bond acceptors (Lipinski definition) is 3. The number of carbonyl (C=O) groups excluding carboxylic acids is 1. The number of rotatable bonds is 4. The van der Waals surface area contributed by atoms with Gasteiger partial charge in [-0.3, -0.25) is 0 Å². The van der Waals surface area contributed by atoms with E-state index in [1.165, 1.54) is 18.2 Å². The van der Waals surface area contributed by atoms with E-state index in [9.17, 15) is 18.0 Å². The first-order valence-electron chi connectivity index (χ1n) is 8.41. The second-order valence-electron chi connectivity index (χ2n) is 5.96. The normalized spacial score (nSPS) is 11.1. The third-order valence-corrected chi connectivity index (χ3v) is 4.12. The van der Waals surface area contributed by atoms with Crippen LogP contribution in [0, 0.1) is 11.3 Å². The smallest absolute Gasteiger partial charge is 0.416 e. The van der Waals surface area contributed by atoms with Crippen molar-refractivity contribution in [3.05, 3.63) is 71.3 Å². The molecule has 0 amide bonds. The Labute approximate surface area is 159 Å². The van der Waals surface area contributed by atoms with Gasteiger partial charge in [-0.05, 0) is 42.8 Å². The molecule has 0 radical (unpaired) electrons. The summed E-state index contributed by atoms with van der Waals surface area (Å²) in [6.45, 7) is 1.86. The fourth-order valence-electron chi connectivity index (χ4n) is 2.79. The summed E-state index contributed by atoms with van der Waals surface area (Å²) >= 11 is 0. The summed E-state index contributed by atoms with van der Waals surface area (Å²) in [5.41, 5.74) is 1.89.